The van der Waals surface area contributed by atoms with Crippen LogP contribution in [0.4, 0.5) is 17.3 Å². The zero-order valence-electron chi connectivity index (χ0n) is 16.1. The van der Waals surface area contributed by atoms with Crippen molar-refractivity contribution in [2.45, 2.75) is 19.4 Å². The first-order chi connectivity index (χ1) is 13.9. The van der Waals surface area contributed by atoms with Gasteiger partial charge in [0.05, 0.1) is 12.4 Å². The highest BCUT2D eigenvalue weighted by molar-refractivity contribution is 5.96. The number of benzene rings is 1. The number of carbonyl (C=O) groups excluding carboxylic acids is 2. The number of nitrogens with zero attached hydrogens (tertiary/aromatic N) is 4. The number of amides is 2. The molecule has 0 aliphatic rings. The number of nitrogens with two attached hydrogens (primary N) is 2. The van der Waals surface area contributed by atoms with Crippen LogP contribution in [0.3, 0.4) is 0 Å². The molecular formula is C19H22N8O2. The van der Waals surface area contributed by atoms with Crippen LogP contribution in [0.1, 0.15) is 23.8 Å². The Kier molecular flexibility index (Phi) is 5.72. The van der Waals surface area contributed by atoms with Gasteiger partial charge >= 0.3 is 0 Å². The maximum atomic E-state index is 11.7. The molecule has 6 N–H and O–H groups in total. The molecule has 3 aromatic rings. The number of primary amides is 2. The Morgan fingerprint density at radius 2 is 1.86 bits per heavy atom. The van der Waals surface area contributed by atoms with Gasteiger partial charge in [0.1, 0.15) is 11.9 Å². The second-order valence-corrected chi connectivity index (χ2v) is 6.43. The van der Waals surface area contributed by atoms with Gasteiger partial charge in [-0.05, 0) is 24.1 Å². The van der Waals surface area contributed by atoms with Gasteiger partial charge in [-0.2, -0.15) is 5.10 Å². The smallest absolute Gasteiger partial charge is 0.271 e. The lowest BCUT2D eigenvalue weighted by molar-refractivity contribution is -0.118. The summed E-state index contributed by atoms with van der Waals surface area (Å²) in [6.07, 6.45) is 5.50. The van der Waals surface area contributed by atoms with Crippen LogP contribution in [0, 0.1) is 0 Å². The van der Waals surface area contributed by atoms with Gasteiger partial charge < -0.3 is 22.1 Å². The summed E-state index contributed by atoms with van der Waals surface area (Å²) < 4.78 is 1.73. The van der Waals surface area contributed by atoms with Gasteiger partial charge in [-0.25, -0.2) is 9.97 Å². The minimum atomic E-state index is -0.722. The lowest BCUT2D eigenvalue weighted by Crippen LogP contribution is -2.35. The van der Waals surface area contributed by atoms with E-state index in [-0.39, 0.29) is 11.5 Å². The van der Waals surface area contributed by atoms with Crippen molar-refractivity contribution in [3.8, 4) is 11.1 Å². The quantitative estimate of drug-likeness (QED) is 0.450. The number of hydrogen-bond donors (Lipinski definition) is 4. The van der Waals surface area contributed by atoms with Gasteiger partial charge in [0.15, 0.2) is 11.5 Å². The average Bonchev–Trinajstić information content (AvgIpc) is 3.12. The van der Waals surface area contributed by atoms with E-state index in [2.05, 4.69) is 25.7 Å². The van der Waals surface area contributed by atoms with E-state index in [4.69, 9.17) is 11.5 Å². The fraction of sp³-hybridized carbons (Fsp3) is 0.211. The fourth-order valence-electron chi connectivity index (χ4n) is 2.73. The maximum absolute atomic E-state index is 11.7. The molecule has 0 fully saturated rings. The Bertz CT molecular complexity index is 1030. The van der Waals surface area contributed by atoms with Gasteiger partial charge in [0.25, 0.3) is 5.91 Å². The van der Waals surface area contributed by atoms with E-state index in [0.717, 1.165) is 11.1 Å². The molecule has 2 aromatic heterocycles. The topological polar surface area (TPSA) is 154 Å². The molecule has 10 nitrogen and oxygen atoms in total. The number of rotatable bonds is 8. The minimum Gasteiger partial charge on any atom is -0.368 e. The zero-order valence-corrected chi connectivity index (χ0v) is 16.1. The van der Waals surface area contributed by atoms with Crippen molar-refractivity contribution in [1.29, 1.82) is 0 Å². The van der Waals surface area contributed by atoms with Gasteiger partial charge in [-0.3, -0.25) is 14.3 Å². The fourth-order valence-corrected chi connectivity index (χ4v) is 2.73. The predicted octanol–water partition coefficient (Wildman–Crippen LogP) is 1.40. The third-order valence-electron chi connectivity index (χ3n) is 4.27. The van der Waals surface area contributed by atoms with Crippen molar-refractivity contribution in [3.05, 3.63) is 48.5 Å². The van der Waals surface area contributed by atoms with Crippen LogP contribution in [0.2, 0.25) is 0 Å². The van der Waals surface area contributed by atoms with Gasteiger partial charge in [0.2, 0.25) is 5.91 Å². The molecule has 150 valence electrons. The molecule has 0 saturated carbocycles. The van der Waals surface area contributed by atoms with E-state index >= 15 is 0 Å². The third-order valence-corrected chi connectivity index (χ3v) is 4.27. The highest BCUT2D eigenvalue weighted by Gasteiger charge is 2.17. The van der Waals surface area contributed by atoms with Crippen LogP contribution in [0.25, 0.3) is 11.1 Å². The summed E-state index contributed by atoms with van der Waals surface area (Å²) in [6, 6.07) is 6.91. The summed E-state index contributed by atoms with van der Waals surface area (Å²) >= 11 is 0. The molecule has 0 radical (unpaired) electrons. The Morgan fingerprint density at radius 3 is 2.41 bits per heavy atom. The molecule has 0 aliphatic carbocycles. The first-order valence-electron chi connectivity index (χ1n) is 8.96. The molecular weight excluding hydrogens is 372 g/mol. The number of anilines is 3. The predicted molar refractivity (Wildman–Crippen MR) is 109 cm³/mol. The molecule has 10 heteroatoms. The van der Waals surface area contributed by atoms with E-state index in [9.17, 15) is 9.59 Å². The number of aromatic nitrogens is 4. The van der Waals surface area contributed by atoms with E-state index < -0.39 is 17.9 Å². The first kappa shape index (κ1) is 19.8. The normalized spacial score (nSPS) is 11.7. The van der Waals surface area contributed by atoms with Crippen molar-refractivity contribution in [2.75, 3.05) is 10.6 Å². The SMILES string of the molecule is CCC(Nc1cnc(C(N)=O)c(Nc2ccc(-c3cnn(C)c3)cc2)n1)C(N)=O. The van der Waals surface area contributed by atoms with E-state index in [1.165, 1.54) is 6.20 Å². The molecule has 1 atom stereocenters. The lowest BCUT2D eigenvalue weighted by Gasteiger charge is -2.15. The summed E-state index contributed by atoms with van der Waals surface area (Å²) in [6.45, 7) is 1.82. The van der Waals surface area contributed by atoms with E-state index in [0.29, 0.717) is 17.9 Å². The molecule has 2 amide bonds. The second-order valence-electron chi connectivity index (χ2n) is 6.43. The molecule has 1 unspecified atom stereocenters. The van der Waals surface area contributed by atoms with Crippen LogP contribution in [-0.4, -0.2) is 37.6 Å². The van der Waals surface area contributed by atoms with E-state index in [1.54, 1.807) is 10.9 Å². The summed E-state index contributed by atoms with van der Waals surface area (Å²) in [7, 11) is 1.85. The Labute approximate surface area is 167 Å². The highest BCUT2D eigenvalue weighted by Crippen LogP contribution is 2.24. The van der Waals surface area contributed by atoms with Crippen molar-refractivity contribution >= 4 is 29.1 Å². The Hall–Kier alpha value is -3.95. The molecule has 1 aromatic carbocycles. The molecule has 0 saturated heterocycles. The molecule has 3 rings (SSSR count). The van der Waals surface area contributed by atoms with Crippen molar-refractivity contribution in [3.63, 3.8) is 0 Å². The molecule has 0 bridgehead atoms. The molecule has 0 spiro atoms. The average molecular weight is 394 g/mol. The van der Waals surface area contributed by atoms with Crippen molar-refractivity contribution in [2.24, 2.45) is 18.5 Å². The summed E-state index contributed by atoms with van der Waals surface area (Å²) in [5.74, 6) is -0.750. The molecule has 2 heterocycles. The van der Waals surface area contributed by atoms with Crippen molar-refractivity contribution in [1.82, 2.24) is 19.7 Å². The number of hydrogen-bond acceptors (Lipinski definition) is 7. The number of nitrogens with one attached hydrogen (secondary N) is 2. The standard InChI is InChI=1S/C19H22N8O2/c1-3-14(17(20)28)25-15-9-22-16(18(21)29)19(26-15)24-13-6-4-11(5-7-13)12-8-23-27(2)10-12/h4-10,14H,3H2,1-2H3,(H2,20,28)(H2,21,29)(H2,24,25,26). The lowest BCUT2D eigenvalue weighted by atomic mass is 10.1. The minimum absolute atomic E-state index is 0.0148. The van der Waals surface area contributed by atoms with Crippen LogP contribution in [0.5, 0.6) is 0 Å². The van der Waals surface area contributed by atoms with E-state index in [1.807, 2.05) is 44.4 Å². The number of aryl methyl sites for hydroxylation is 1. The van der Waals surface area contributed by atoms with Gasteiger partial charge in [0, 0.05) is 24.5 Å². The Balaban J connectivity index is 1.85. The van der Waals surface area contributed by atoms with Gasteiger partial charge in [-0.15, -0.1) is 0 Å². The molecule has 29 heavy (non-hydrogen) atoms. The van der Waals surface area contributed by atoms with Crippen LogP contribution >= 0.6 is 0 Å². The van der Waals surface area contributed by atoms with Crippen LogP contribution in [0.15, 0.2) is 42.9 Å². The third kappa shape index (κ3) is 4.67. The first-order valence-corrected chi connectivity index (χ1v) is 8.96. The van der Waals surface area contributed by atoms with Gasteiger partial charge in [-0.1, -0.05) is 19.1 Å². The van der Waals surface area contributed by atoms with Crippen LogP contribution < -0.4 is 22.1 Å². The maximum Gasteiger partial charge on any atom is 0.271 e. The van der Waals surface area contributed by atoms with Crippen LogP contribution in [-0.2, 0) is 11.8 Å². The second kappa shape index (κ2) is 8.38. The summed E-state index contributed by atoms with van der Waals surface area (Å²) in [4.78, 5) is 31.6. The van der Waals surface area contributed by atoms with Crippen molar-refractivity contribution < 1.29 is 9.59 Å². The highest BCUT2D eigenvalue weighted by atomic mass is 16.1. The monoisotopic (exact) mass is 394 g/mol. The number of carbonyl (C=O) groups is 2. The molecule has 0 aliphatic heterocycles. The largest absolute Gasteiger partial charge is 0.368 e. The zero-order chi connectivity index (χ0) is 21.0. The summed E-state index contributed by atoms with van der Waals surface area (Å²) in [5.41, 5.74) is 13.4. The summed E-state index contributed by atoms with van der Waals surface area (Å²) in [5, 5.41) is 10.1. The Morgan fingerprint density at radius 1 is 1.14 bits per heavy atom.